The monoisotopic (exact) mass is 236 g/mol. The molecule has 0 radical (unpaired) electrons. The van der Waals surface area contributed by atoms with Crippen LogP contribution in [-0.4, -0.2) is 18.3 Å². The molecule has 3 nitrogen and oxygen atoms in total. The van der Waals surface area contributed by atoms with Gasteiger partial charge in [-0.1, -0.05) is 12.1 Å². The van der Waals surface area contributed by atoms with Crippen molar-refractivity contribution in [3.63, 3.8) is 0 Å². The first kappa shape index (κ1) is 11.5. The van der Waals surface area contributed by atoms with Gasteiger partial charge in [0.05, 0.1) is 5.88 Å². The zero-order chi connectivity index (χ0) is 11.5. The maximum atomic E-state index is 11.7. The minimum absolute atomic E-state index is 0.161. The second kappa shape index (κ2) is 4.89. The largest absolute Gasteiger partial charge is 0.330 e. The van der Waals surface area contributed by atoms with E-state index in [0.717, 1.165) is 18.5 Å². The fourth-order valence-electron chi connectivity index (χ4n) is 2.09. The van der Waals surface area contributed by atoms with Crippen molar-refractivity contribution in [1.82, 2.24) is 0 Å². The molecule has 1 aliphatic heterocycles. The summed E-state index contributed by atoms with van der Waals surface area (Å²) >= 11 is 4.20. The van der Waals surface area contributed by atoms with Crippen LogP contribution in [-0.2, 0) is 17.6 Å². The van der Waals surface area contributed by atoms with Gasteiger partial charge in [-0.15, -0.1) is 0 Å². The molecule has 0 aliphatic carbocycles. The summed E-state index contributed by atoms with van der Waals surface area (Å²) in [5.74, 6) is 0.608. The minimum Gasteiger partial charge on any atom is -0.330 e. The number of hydrogen-bond acceptors (Lipinski definition) is 3. The lowest BCUT2D eigenvalue weighted by molar-refractivity contribution is -0.118. The molecule has 1 aromatic carbocycles. The molecule has 1 heterocycles. The summed E-state index contributed by atoms with van der Waals surface area (Å²) in [6.45, 7) is 0.661. The number of nitrogens with two attached hydrogens (primary N) is 1. The zero-order valence-corrected chi connectivity index (χ0v) is 10.0. The minimum atomic E-state index is 0.161. The predicted molar refractivity (Wildman–Crippen MR) is 68.9 cm³/mol. The van der Waals surface area contributed by atoms with Gasteiger partial charge in [0.25, 0.3) is 0 Å². The molecular weight excluding hydrogens is 220 g/mol. The lowest BCUT2D eigenvalue weighted by Gasteiger charge is -2.28. The fourth-order valence-corrected chi connectivity index (χ4v) is 2.40. The molecule has 0 saturated carbocycles. The van der Waals surface area contributed by atoms with E-state index in [1.54, 1.807) is 4.90 Å². The number of rotatable bonds is 3. The summed E-state index contributed by atoms with van der Waals surface area (Å²) in [7, 11) is 0. The zero-order valence-electron chi connectivity index (χ0n) is 9.15. The van der Waals surface area contributed by atoms with Crippen LogP contribution in [0.2, 0.25) is 0 Å². The smallest absolute Gasteiger partial charge is 0.228 e. The number of hydrogen-bond donors (Lipinski definition) is 2. The van der Waals surface area contributed by atoms with Crippen LogP contribution in [0.25, 0.3) is 0 Å². The van der Waals surface area contributed by atoms with Gasteiger partial charge in [0.2, 0.25) is 5.91 Å². The van der Waals surface area contributed by atoms with Gasteiger partial charge in [0.1, 0.15) is 0 Å². The van der Waals surface area contributed by atoms with Crippen molar-refractivity contribution in [2.45, 2.75) is 19.3 Å². The summed E-state index contributed by atoms with van der Waals surface area (Å²) in [6, 6.07) is 6.21. The summed E-state index contributed by atoms with van der Waals surface area (Å²) in [5.41, 5.74) is 9.02. The van der Waals surface area contributed by atoms with E-state index < -0.39 is 0 Å². The normalized spacial score (nSPS) is 15.1. The molecule has 1 aromatic rings. The molecule has 4 heteroatoms. The Kier molecular flexibility index (Phi) is 3.51. The van der Waals surface area contributed by atoms with Crippen molar-refractivity contribution in [3.05, 3.63) is 29.3 Å². The Morgan fingerprint density at radius 1 is 1.38 bits per heavy atom. The van der Waals surface area contributed by atoms with Crippen molar-refractivity contribution in [3.8, 4) is 0 Å². The third kappa shape index (κ3) is 2.08. The molecule has 0 bridgehead atoms. The Morgan fingerprint density at radius 2 is 2.19 bits per heavy atom. The Balaban J connectivity index is 2.34. The SMILES string of the molecule is NCCc1ccc2c(c1)CCC(=O)N2CS. The van der Waals surface area contributed by atoms with Gasteiger partial charge in [-0.2, -0.15) is 12.6 Å². The second-order valence-electron chi connectivity index (χ2n) is 3.96. The molecule has 1 amide bonds. The van der Waals surface area contributed by atoms with Gasteiger partial charge < -0.3 is 10.6 Å². The summed E-state index contributed by atoms with van der Waals surface area (Å²) in [5, 5.41) is 0. The van der Waals surface area contributed by atoms with E-state index >= 15 is 0 Å². The third-order valence-corrected chi connectivity index (χ3v) is 3.20. The van der Waals surface area contributed by atoms with Crippen molar-refractivity contribution in [1.29, 1.82) is 0 Å². The van der Waals surface area contributed by atoms with Gasteiger partial charge in [0, 0.05) is 12.1 Å². The number of anilines is 1. The van der Waals surface area contributed by atoms with E-state index in [2.05, 4.69) is 18.7 Å². The molecule has 0 fully saturated rings. The Labute approximate surface area is 101 Å². The van der Waals surface area contributed by atoms with Crippen molar-refractivity contribution in [2.24, 2.45) is 5.73 Å². The van der Waals surface area contributed by atoms with E-state index in [-0.39, 0.29) is 5.91 Å². The van der Waals surface area contributed by atoms with Gasteiger partial charge in [-0.25, -0.2) is 0 Å². The first-order valence-corrected chi connectivity index (χ1v) is 6.12. The maximum Gasteiger partial charge on any atom is 0.228 e. The van der Waals surface area contributed by atoms with E-state index in [4.69, 9.17) is 5.73 Å². The summed E-state index contributed by atoms with van der Waals surface area (Å²) in [6.07, 6.45) is 2.30. The highest BCUT2D eigenvalue weighted by Gasteiger charge is 2.22. The van der Waals surface area contributed by atoms with Gasteiger partial charge in [0.15, 0.2) is 0 Å². The number of benzene rings is 1. The number of thiol groups is 1. The Morgan fingerprint density at radius 3 is 2.88 bits per heavy atom. The Hall–Kier alpha value is -1.00. The topological polar surface area (TPSA) is 46.3 Å². The highest BCUT2D eigenvalue weighted by molar-refractivity contribution is 7.80. The molecule has 0 spiro atoms. The molecule has 1 aliphatic rings. The van der Waals surface area contributed by atoms with Crippen LogP contribution in [0.3, 0.4) is 0 Å². The molecule has 0 unspecified atom stereocenters. The van der Waals surface area contributed by atoms with Crippen LogP contribution in [0.4, 0.5) is 5.69 Å². The predicted octanol–water partition coefficient (Wildman–Crippen LogP) is 1.35. The molecule has 0 atom stereocenters. The van der Waals surface area contributed by atoms with E-state index in [1.807, 2.05) is 12.1 Å². The van der Waals surface area contributed by atoms with E-state index in [1.165, 1.54) is 11.1 Å². The van der Waals surface area contributed by atoms with Crippen molar-refractivity contribution < 1.29 is 4.79 Å². The van der Waals surface area contributed by atoms with Crippen LogP contribution in [0.1, 0.15) is 17.5 Å². The van der Waals surface area contributed by atoms with Gasteiger partial charge in [-0.05, 0) is 36.6 Å². The number of carbonyl (C=O) groups excluding carboxylic acids is 1. The number of amides is 1. The van der Waals surface area contributed by atoms with Crippen LogP contribution in [0.5, 0.6) is 0 Å². The van der Waals surface area contributed by atoms with Crippen LogP contribution < -0.4 is 10.6 Å². The van der Waals surface area contributed by atoms with Crippen molar-refractivity contribution in [2.75, 3.05) is 17.3 Å². The lowest BCUT2D eigenvalue weighted by atomic mass is 9.98. The first-order valence-electron chi connectivity index (χ1n) is 5.49. The average Bonchev–Trinajstić information content (AvgIpc) is 2.30. The van der Waals surface area contributed by atoms with E-state index in [0.29, 0.717) is 18.8 Å². The van der Waals surface area contributed by atoms with Crippen LogP contribution in [0.15, 0.2) is 18.2 Å². The van der Waals surface area contributed by atoms with Crippen LogP contribution in [0, 0.1) is 0 Å². The summed E-state index contributed by atoms with van der Waals surface area (Å²) < 4.78 is 0. The molecule has 2 N–H and O–H groups in total. The number of aryl methyl sites for hydroxylation is 1. The molecule has 86 valence electrons. The van der Waals surface area contributed by atoms with Crippen molar-refractivity contribution >= 4 is 24.2 Å². The molecule has 0 aromatic heterocycles. The maximum absolute atomic E-state index is 11.7. The lowest BCUT2D eigenvalue weighted by Crippen LogP contribution is -2.34. The standard InChI is InChI=1S/C12H16N2OS/c13-6-5-9-1-3-11-10(7-9)2-4-12(15)14(11)8-16/h1,3,7,16H,2,4-6,8,13H2. The van der Waals surface area contributed by atoms with Gasteiger partial charge >= 0.3 is 0 Å². The van der Waals surface area contributed by atoms with E-state index in [9.17, 15) is 4.79 Å². The van der Waals surface area contributed by atoms with Gasteiger partial charge in [-0.3, -0.25) is 4.79 Å². The average molecular weight is 236 g/mol. The number of fused-ring (bicyclic) bond motifs is 1. The quantitative estimate of drug-likeness (QED) is 0.778. The Bertz CT molecular complexity index is 406. The second-order valence-corrected chi connectivity index (χ2v) is 4.25. The summed E-state index contributed by atoms with van der Waals surface area (Å²) in [4.78, 5) is 13.4. The molecule has 2 rings (SSSR count). The third-order valence-electron chi connectivity index (χ3n) is 2.92. The highest BCUT2D eigenvalue weighted by Crippen LogP contribution is 2.28. The first-order chi connectivity index (χ1) is 7.76. The molecular formula is C12H16N2OS. The highest BCUT2D eigenvalue weighted by atomic mass is 32.1. The fraction of sp³-hybridized carbons (Fsp3) is 0.417. The number of nitrogens with zero attached hydrogens (tertiary/aromatic N) is 1. The molecule has 0 saturated heterocycles. The van der Waals surface area contributed by atoms with Crippen LogP contribution >= 0.6 is 12.6 Å². The number of carbonyl (C=O) groups is 1. The molecule has 16 heavy (non-hydrogen) atoms.